The first-order valence-corrected chi connectivity index (χ1v) is 7.97. The Balaban J connectivity index is 1.59. The van der Waals surface area contributed by atoms with Gasteiger partial charge < -0.3 is 19.7 Å². The zero-order valence-electron chi connectivity index (χ0n) is 12.0. The number of carbonyl (C=O) groups excluding carboxylic acids is 1. The van der Waals surface area contributed by atoms with Crippen molar-refractivity contribution in [1.29, 1.82) is 0 Å². The van der Waals surface area contributed by atoms with Crippen molar-refractivity contribution in [3.8, 4) is 0 Å². The summed E-state index contributed by atoms with van der Waals surface area (Å²) in [5.74, 6) is -0.440. The van der Waals surface area contributed by atoms with Crippen LogP contribution in [0.1, 0.15) is 18.4 Å². The molecule has 2 amide bonds. The van der Waals surface area contributed by atoms with Crippen LogP contribution in [0.15, 0.2) is 22.7 Å². The maximum absolute atomic E-state index is 12.3. The summed E-state index contributed by atoms with van der Waals surface area (Å²) in [7, 11) is 0. The molecular weight excluding hydrogens is 336 g/mol. The Labute approximate surface area is 132 Å². The lowest BCUT2D eigenvalue weighted by molar-refractivity contribution is -0.181. The van der Waals surface area contributed by atoms with Crippen LogP contribution in [-0.2, 0) is 9.47 Å². The summed E-state index contributed by atoms with van der Waals surface area (Å²) in [6.45, 7) is 4.60. The minimum absolute atomic E-state index is 0.0618. The Kier molecular flexibility index (Phi) is 4.19. The third-order valence-electron chi connectivity index (χ3n) is 4.06. The Morgan fingerprint density at radius 1 is 1.29 bits per heavy atom. The van der Waals surface area contributed by atoms with E-state index in [2.05, 4.69) is 21.2 Å². The summed E-state index contributed by atoms with van der Waals surface area (Å²) in [6.07, 6.45) is 1.47. The molecular formula is C15H19BrN2O3. The first-order chi connectivity index (χ1) is 10.1. The smallest absolute Gasteiger partial charge is 0.321 e. The molecule has 114 valence electrons. The number of nitrogens with zero attached hydrogens (tertiary/aromatic N) is 1. The zero-order valence-corrected chi connectivity index (χ0v) is 13.6. The van der Waals surface area contributed by atoms with E-state index < -0.39 is 5.79 Å². The summed E-state index contributed by atoms with van der Waals surface area (Å²) in [5.41, 5.74) is 1.88. The number of hydrogen-bond donors (Lipinski definition) is 1. The number of ether oxygens (including phenoxy) is 2. The van der Waals surface area contributed by atoms with Gasteiger partial charge in [0.05, 0.1) is 13.2 Å². The summed E-state index contributed by atoms with van der Waals surface area (Å²) < 4.78 is 12.4. The van der Waals surface area contributed by atoms with Crippen molar-refractivity contribution in [2.45, 2.75) is 25.6 Å². The van der Waals surface area contributed by atoms with Crippen LogP contribution < -0.4 is 5.32 Å². The van der Waals surface area contributed by atoms with Crippen LogP contribution in [0.4, 0.5) is 10.5 Å². The quantitative estimate of drug-likeness (QED) is 0.842. The topological polar surface area (TPSA) is 50.8 Å². The Morgan fingerprint density at radius 2 is 1.95 bits per heavy atom. The highest BCUT2D eigenvalue weighted by Crippen LogP contribution is 2.31. The van der Waals surface area contributed by atoms with E-state index in [1.54, 1.807) is 0 Å². The first-order valence-electron chi connectivity index (χ1n) is 7.18. The number of benzene rings is 1. The number of likely N-dealkylation sites (tertiary alicyclic amines) is 1. The van der Waals surface area contributed by atoms with Crippen molar-refractivity contribution in [2.75, 3.05) is 31.6 Å². The minimum Gasteiger partial charge on any atom is -0.347 e. The molecule has 5 nitrogen and oxygen atoms in total. The lowest BCUT2D eigenvalue weighted by Crippen LogP contribution is -2.48. The van der Waals surface area contributed by atoms with Crippen LogP contribution in [-0.4, -0.2) is 43.0 Å². The molecule has 21 heavy (non-hydrogen) atoms. The van der Waals surface area contributed by atoms with Gasteiger partial charge in [0.2, 0.25) is 0 Å². The molecule has 0 radical (unpaired) electrons. The van der Waals surface area contributed by atoms with E-state index >= 15 is 0 Å². The second-order valence-electron chi connectivity index (χ2n) is 5.48. The van der Waals surface area contributed by atoms with Crippen LogP contribution in [0.2, 0.25) is 0 Å². The lowest BCUT2D eigenvalue weighted by Gasteiger charge is -2.37. The van der Waals surface area contributed by atoms with Crippen molar-refractivity contribution >= 4 is 27.6 Å². The van der Waals surface area contributed by atoms with Crippen LogP contribution in [0.5, 0.6) is 0 Å². The molecule has 3 rings (SSSR count). The molecule has 0 atom stereocenters. The van der Waals surface area contributed by atoms with E-state index in [0.717, 1.165) is 28.6 Å². The number of halogens is 1. The van der Waals surface area contributed by atoms with Gasteiger partial charge in [-0.15, -0.1) is 0 Å². The molecule has 2 heterocycles. The second-order valence-corrected chi connectivity index (χ2v) is 6.40. The molecule has 6 heteroatoms. The number of hydrogen-bond acceptors (Lipinski definition) is 3. The average Bonchev–Trinajstić information content (AvgIpc) is 2.91. The molecule has 2 fully saturated rings. The standard InChI is InChI=1S/C15H19BrN2O3/c1-11-10-12(16)2-3-13(11)17-14(19)18-6-4-15(5-7-18)20-8-9-21-15/h2-3,10H,4-9H2,1H3,(H,17,19). The summed E-state index contributed by atoms with van der Waals surface area (Å²) in [5, 5.41) is 2.97. The van der Waals surface area contributed by atoms with E-state index in [-0.39, 0.29) is 6.03 Å². The molecule has 0 aliphatic carbocycles. The van der Waals surface area contributed by atoms with Gasteiger partial charge in [0.25, 0.3) is 0 Å². The number of nitrogens with one attached hydrogen (secondary N) is 1. The van der Waals surface area contributed by atoms with Gasteiger partial charge in [-0.2, -0.15) is 0 Å². The fourth-order valence-corrected chi connectivity index (χ4v) is 3.27. The highest BCUT2D eigenvalue weighted by molar-refractivity contribution is 9.10. The molecule has 1 aromatic rings. The molecule has 2 aliphatic heterocycles. The Morgan fingerprint density at radius 3 is 2.57 bits per heavy atom. The number of amides is 2. The van der Waals surface area contributed by atoms with Gasteiger partial charge in [-0.25, -0.2) is 4.79 Å². The minimum atomic E-state index is -0.440. The van der Waals surface area contributed by atoms with E-state index in [9.17, 15) is 4.79 Å². The zero-order chi connectivity index (χ0) is 14.9. The van der Waals surface area contributed by atoms with Gasteiger partial charge in [0.15, 0.2) is 5.79 Å². The van der Waals surface area contributed by atoms with Crippen molar-refractivity contribution in [3.63, 3.8) is 0 Å². The Hall–Kier alpha value is -1.11. The molecule has 0 saturated carbocycles. The molecule has 1 spiro atoms. The van der Waals surface area contributed by atoms with Crippen LogP contribution >= 0.6 is 15.9 Å². The van der Waals surface area contributed by atoms with Gasteiger partial charge >= 0.3 is 6.03 Å². The molecule has 2 aliphatic rings. The Bertz CT molecular complexity index is 534. The third kappa shape index (κ3) is 3.22. The number of anilines is 1. The molecule has 0 aromatic heterocycles. The number of urea groups is 1. The van der Waals surface area contributed by atoms with E-state index in [0.29, 0.717) is 26.3 Å². The van der Waals surface area contributed by atoms with Gasteiger partial charge in [0.1, 0.15) is 0 Å². The van der Waals surface area contributed by atoms with Crippen molar-refractivity contribution in [1.82, 2.24) is 4.90 Å². The van der Waals surface area contributed by atoms with E-state index in [1.165, 1.54) is 0 Å². The van der Waals surface area contributed by atoms with Gasteiger partial charge in [-0.05, 0) is 30.7 Å². The van der Waals surface area contributed by atoms with Crippen molar-refractivity contribution in [3.05, 3.63) is 28.2 Å². The van der Waals surface area contributed by atoms with Crippen molar-refractivity contribution in [2.24, 2.45) is 0 Å². The molecule has 0 unspecified atom stereocenters. The number of aryl methyl sites for hydroxylation is 1. The monoisotopic (exact) mass is 354 g/mol. The normalized spacial score (nSPS) is 20.8. The first kappa shape index (κ1) is 14.8. The molecule has 2 saturated heterocycles. The van der Waals surface area contributed by atoms with E-state index in [4.69, 9.17) is 9.47 Å². The molecule has 0 bridgehead atoms. The number of piperidine rings is 1. The average molecular weight is 355 g/mol. The summed E-state index contributed by atoms with van der Waals surface area (Å²) in [4.78, 5) is 14.1. The van der Waals surface area contributed by atoms with Crippen LogP contribution in [0.3, 0.4) is 0 Å². The molecule has 1 N–H and O–H groups in total. The van der Waals surface area contributed by atoms with E-state index in [1.807, 2.05) is 30.0 Å². The highest BCUT2D eigenvalue weighted by atomic mass is 79.9. The van der Waals surface area contributed by atoms with Gasteiger partial charge in [-0.1, -0.05) is 15.9 Å². The predicted octanol–water partition coefficient (Wildman–Crippen LogP) is 3.13. The number of rotatable bonds is 1. The maximum atomic E-state index is 12.3. The van der Waals surface area contributed by atoms with Gasteiger partial charge in [0, 0.05) is 36.1 Å². The molecule has 1 aromatic carbocycles. The highest BCUT2D eigenvalue weighted by Gasteiger charge is 2.40. The summed E-state index contributed by atoms with van der Waals surface area (Å²) >= 11 is 3.42. The maximum Gasteiger partial charge on any atom is 0.321 e. The van der Waals surface area contributed by atoms with Gasteiger partial charge in [-0.3, -0.25) is 0 Å². The predicted molar refractivity (Wildman–Crippen MR) is 83.3 cm³/mol. The third-order valence-corrected chi connectivity index (χ3v) is 4.55. The fraction of sp³-hybridized carbons (Fsp3) is 0.533. The number of carbonyl (C=O) groups is 1. The van der Waals surface area contributed by atoms with Crippen LogP contribution in [0.25, 0.3) is 0 Å². The second kappa shape index (κ2) is 5.94. The largest absolute Gasteiger partial charge is 0.347 e. The fourth-order valence-electron chi connectivity index (χ4n) is 2.80. The van der Waals surface area contributed by atoms with Crippen molar-refractivity contribution < 1.29 is 14.3 Å². The summed E-state index contributed by atoms with van der Waals surface area (Å²) in [6, 6.07) is 5.76. The lowest BCUT2D eigenvalue weighted by atomic mass is 10.0. The van der Waals surface area contributed by atoms with Crippen LogP contribution in [0, 0.1) is 6.92 Å². The SMILES string of the molecule is Cc1cc(Br)ccc1NC(=O)N1CCC2(CC1)OCCO2.